The van der Waals surface area contributed by atoms with E-state index >= 15 is 0 Å². The van der Waals surface area contributed by atoms with Crippen LogP contribution in [0.15, 0.2) is 66.1 Å². The topological polar surface area (TPSA) is 72.7 Å². The van der Waals surface area contributed by atoms with Crippen molar-refractivity contribution in [2.24, 2.45) is 0 Å². The van der Waals surface area contributed by atoms with E-state index < -0.39 is 23.2 Å². The van der Waals surface area contributed by atoms with Crippen LogP contribution in [-0.4, -0.2) is 31.4 Å². The molecule has 4 rings (SSSR count). The number of anilines is 1. The fourth-order valence-corrected chi connectivity index (χ4v) is 3.38. The van der Waals surface area contributed by atoms with E-state index in [-0.39, 0.29) is 5.75 Å². The lowest BCUT2D eigenvalue weighted by atomic mass is 10.3. The van der Waals surface area contributed by atoms with Gasteiger partial charge < -0.3 is 5.32 Å². The molecule has 0 saturated carbocycles. The highest BCUT2D eigenvalue weighted by atomic mass is 32.2. The summed E-state index contributed by atoms with van der Waals surface area (Å²) in [5, 5.41) is 7.83. The Hall–Kier alpha value is -3.33. The maximum absolute atomic E-state index is 13.7. The molecule has 6 nitrogen and oxygen atoms in total. The van der Waals surface area contributed by atoms with Crippen molar-refractivity contribution in [3.05, 3.63) is 72.7 Å². The Morgan fingerprint density at radius 1 is 1.04 bits per heavy atom. The number of nitrogens with zero attached hydrogens (tertiary/aromatic N) is 4. The third-order valence-corrected chi connectivity index (χ3v) is 4.90. The summed E-state index contributed by atoms with van der Waals surface area (Å²) < 4.78 is 29.0. The van der Waals surface area contributed by atoms with Crippen LogP contribution in [0.4, 0.5) is 14.5 Å². The van der Waals surface area contributed by atoms with Gasteiger partial charge in [0.15, 0.2) is 5.65 Å². The molecule has 2 aromatic carbocycles. The molecule has 1 amide bonds. The summed E-state index contributed by atoms with van der Waals surface area (Å²) in [4.78, 5) is 20.6. The van der Waals surface area contributed by atoms with E-state index in [9.17, 15) is 13.6 Å². The number of hydrogen-bond donors (Lipinski definition) is 1. The maximum atomic E-state index is 13.7. The van der Waals surface area contributed by atoms with Gasteiger partial charge >= 0.3 is 0 Å². The smallest absolute Gasteiger partial charge is 0.234 e. The second-order valence-corrected chi connectivity index (χ2v) is 6.71. The van der Waals surface area contributed by atoms with Crippen molar-refractivity contribution in [3.63, 3.8) is 0 Å². The van der Waals surface area contributed by atoms with Gasteiger partial charge in [0.25, 0.3) is 0 Å². The Kier molecular flexibility index (Phi) is 4.98. The first-order valence-electron chi connectivity index (χ1n) is 8.24. The number of carbonyl (C=O) groups excluding carboxylic acids is 1. The lowest BCUT2D eigenvalue weighted by Gasteiger charge is -2.07. The zero-order valence-corrected chi connectivity index (χ0v) is 15.2. The summed E-state index contributed by atoms with van der Waals surface area (Å²) in [6, 6.07) is 12.9. The molecule has 0 atom stereocenters. The molecule has 2 aromatic heterocycles. The Bertz CT molecular complexity index is 1130. The predicted molar refractivity (Wildman–Crippen MR) is 102 cm³/mol. The molecule has 0 unspecified atom stereocenters. The standard InChI is InChI=1S/C19H13F2N5OS/c20-14-7-4-8-15(21)17(14)25-16(27)10-28-19-13-9-24-26(18(13)22-11-23-19)12-5-2-1-3-6-12/h1-9,11H,10H2,(H,25,27). The summed E-state index contributed by atoms with van der Waals surface area (Å²) in [5.41, 5.74) is 0.988. The number of nitrogens with one attached hydrogen (secondary N) is 1. The molecule has 0 radical (unpaired) electrons. The van der Waals surface area contributed by atoms with Crippen LogP contribution in [0.5, 0.6) is 0 Å². The predicted octanol–water partition coefficient (Wildman–Crippen LogP) is 3.82. The van der Waals surface area contributed by atoms with Crippen molar-refractivity contribution in [1.82, 2.24) is 19.7 Å². The van der Waals surface area contributed by atoms with E-state index in [2.05, 4.69) is 20.4 Å². The fourth-order valence-electron chi connectivity index (χ4n) is 2.62. The molecule has 140 valence electrons. The van der Waals surface area contributed by atoms with E-state index in [0.717, 1.165) is 29.6 Å². The van der Waals surface area contributed by atoms with E-state index in [4.69, 9.17) is 0 Å². The van der Waals surface area contributed by atoms with Crippen molar-refractivity contribution in [2.45, 2.75) is 5.03 Å². The lowest BCUT2D eigenvalue weighted by Crippen LogP contribution is -2.16. The summed E-state index contributed by atoms with van der Waals surface area (Å²) in [6.07, 6.45) is 3.01. The normalized spacial score (nSPS) is 10.9. The van der Waals surface area contributed by atoms with Gasteiger partial charge in [0.1, 0.15) is 28.7 Å². The minimum atomic E-state index is -0.827. The maximum Gasteiger partial charge on any atom is 0.234 e. The van der Waals surface area contributed by atoms with E-state index in [1.807, 2.05) is 30.3 Å². The minimum Gasteiger partial charge on any atom is -0.320 e. The Morgan fingerprint density at radius 2 is 1.79 bits per heavy atom. The number of fused-ring (bicyclic) bond motifs is 1. The number of halogens is 2. The van der Waals surface area contributed by atoms with Crippen molar-refractivity contribution >= 4 is 34.4 Å². The van der Waals surface area contributed by atoms with Crippen LogP contribution >= 0.6 is 11.8 Å². The van der Waals surface area contributed by atoms with Crippen LogP contribution in [0.2, 0.25) is 0 Å². The lowest BCUT2D eigenvalue weighted by molar-refractivity contribution is -0.113. The van der Waals surface area contributed by atoms with Crippen LogP contribution in [0, 0.1) is 11.6 Å². The number of benzene rings is 2. The fraction of sp³-hybridized carbons (Fsp3) is 0.0526. The number of thioether (sulfide) groups is 1. The molecule has 0 aliphatic rings. The number of rotatable bonds is 5. The highest BCUT2D eigenvalue weighted by Gasteiger charge is 2.15. The first kappa shape index (κ1) is 18.1. The number of amides is 1. The third kappa shape index (κ3) is 3.56. The Morgan fingerprint density at radius 3 is 2.54 bits per heavy atom. The van der Waals surface area contributed by atoms with Gasteiger partial charge in [0.2, 0.25) is 5.91 Å². The quantitative estimate of drug-likeness (QED) is 0.409. The van der Waals surface area contributed by atoms with Gasteiger partial charge in [-0.25, -0.2) is 23.4 Å². The van der Waals surface area contributed by atoms with Gasteiger partial charge in [-0.15, -0.1) is 0 Å². The third-order valence-electron chi connectivity index (χ3n) is 3.90. The van der Waals surface area contributed by atoms with E-state index in [1.165, 1.54) is 12.4 Å². The molecular weight excluding hydrogens is 384 g/mol. The van der Waals surface area contributed by atoms with Crippen LogP contribution < -0.4 is 5.32 Å². The molecule has 1 N–H and O–H groups in total. The molecule has 0 saturated heterocycles. The second kappa shape index (κ2) is 7.73. The molecule has 28 heavy (non-hydrogen) atoms. The van der Waals surface area contributed by atoms with Crippen molar-refractivity contribution in [3.8, 4) is 5.69 Å². The molecule has 0 bridgehead atoms. The average Bonchev–Trinajstić information content (AvgIpc) is 3.15. The zero-order chi connectivity index (χ0) is 19.5. The van der Waals surface area contributed by atoms with Crippen LogP contribution in [0.1, 0.15) is 0 Å². The van der Waals surface area contributed by atoms with Crippen molar-refractivity contribution in [2.75, 3.05) is 11.1 Å². The molecular formula is C19H13F2N5OS. The monoisotopic (exact) mass is 397 g/mol. The van der Waals surface area contributed by atoms with Crippen LogP contribution in [0.25, 0.3) is 16.7 Å². The molecule has 0 aliphatic heterocycles. The Balaban J connectivity index is 1.53. The van der Waals surface area contributed by atoms with Gasteiger partial charge in [0, 0.05) is 0 Å². The van der Waals surface area contributed by atoms with Crippen LogP contribution in [0.3, 0.4) is 0 Å². The molecule has 2 heterocycles. The molecule has 0 fully saturated rings. The van der Waals surface area contributed by atoms with Gasteiger partial charge in [-0.05, 0) is 24.3 Å². The Labute approximate surface area is 162 Å². The van der Waals surface area contributed by atoms with E-state index in [1.54, 1.807) is 10.9 Å². The highest BCUT2D eigenvalue weighted by Crippen LogP contribution is 2.26. The second-order valence-electron chi connectivity index (χ2n) is 5.74. The average molecular weight is 397 g/mol. The summed E-state index contributed by atoms with van der Waals surface area (Å²) in [6.45, 7) is 0. The minimum absolute atomic E-state index is 0.0730. The molecule has 4 aromatic rings. The van der Waals surface area contributed by atoms with Crippen molar-refractivity contribution < 1.29 is 13.6 Å². The summed E-state index contributed by atoms with van der Waals surface area (Å²) >= 11 is 1.14. The van der Waals surface area contributed by atoms with E-state index in [0.29, 0.717) is 16.1 Å². The number of hydrogen-bond acceptors (Lipinski definition) is 5. The SMILES string of the molecule is O=C(CSc1ncnc2c1cnn2-c1ccccc1)Nc1c(F)cccc1F. The zero-order valence-electron chi connectivity index (χ0n) is 14.3. The first-order valence-corrected chi connectivity index (χ1v) is 9.23. The van der Waals surface area contributed by atoms with Crippen LogP contribution in [-0.2, 0) is 4.79 Å². The van der Waals surface area contributed by atoms with Gasteiger partial charge in [-0.3, -0.25) is 4.79 Å². The van der Waals surface area contributed by atoms with Gasteiger partial charge in [-0.1, -0.05) is 36.0 Å². The highest BCUT2D eigenvalue weighted by molar-refractivity contribution is 8.00. The summed E-state index contributed by atoms with van der Waals surface area (Å²) in [7, 11) is 0. The number of carbonyl (C=O) groups is 1. The summed E-state index contributed by atoms with van der Waals surface area (Å²) in [5.74, 6) is -2.27. The first-order chi connectivity index (χ1) is 13.6. The van der Waals surface area contributed by atoms with Gasteiger partial charge in [-0.2, -0.15) is 5.10 Å². The van der Waals surface area contributed by atoms with Crippen molar-refractivity contribution in [1.29, 1.82) is 0 Å². The molecule has 9 heteroatoms. The number of para-hydroxylation sites is 2. The molecule has 0 aliphatic carbocycles. The molecule has 0 spiro atoms. The largest absolute Gasteiger partial charge is 0.320 e. The van der Waals surface area contributed by atoms with Gasteiger partial charge in [0.05, 0.1) is 23.0 Å². The number of aromatic nitrogens is 4.